The first kappa shape index (κ1) is 21.8. The van der Waals surface area contributed by atoms with E-state index in [2.05, 4.69) is 15.9 Å². The molecule has 0 saturated heterocycles. The lowest BCUT2D eigenvalue weighted by molar-refractivity contribution is -0.384. The number of ether oxygens (including phenoxy) is 2. The van der Waals surface area contributed by atoms with Crippen molar-refractivity contribution in [2.75, 3.05) is 13.7 Å². The molecule has 0 N–H and O–H groups in total. The fraction of sp³-hybridized carbons (Fsp3) is 0.261. The monoisotopic (exact) mass is 471 g/mol. The van der Waals surface area contributed by atoms with Crippen LogP contribution < -0.4 is 9.47 Å². The maximum atomic E-state index is 13.0. The number of carbonyl (C=O) groups is 1. The minimum absolute atomic E-state index is 0.00331. The van der Waals surface area contributed by atoms with E-state index in [4.69, 9.17) is 9.47 Å². The molecule has 1 saturated carbocycles. The van der Waals surface area contributed by atoms with Gasteiger partial charge in [0, 0.05) is 23.3 Å². The summed E-state index contributed by atoms with van der Waals surface area (Å²) < 4.78 is 11.8. The highest BCUT2D eigenvalue weighted by Crippen LogP contribution is 2.38. The fourth-order valence-corrected chi connectivity index (χ4v) is 3.95. The molecule has 156 valence electrons. The summed E-state index contributed by atoms with van der Waals surface area (Å²) in [6.45, 7) is 2.42. The maximum Gasteiger partial charge on any atom is 0.269 e. The van der Waals surface area contributed by atoms with Gasteiger partial charge in [-0.3, -0.25) is 14.9 Å². The summed E-state index contributed by atoms with van der Waals surface area (Å²) in [5, 5.41) is 10.8. The summed E-state index contributed by atoms with van der Waals surface area (Å²) in [5.41, 5.74) is 3.09. The molecule has 1 aliphatic carbocycles. The number of nitrogens with zero attached hydrogens (tertiary/aromatic N) is 1. The molecule has 0 radical (unpaired) electrons. The van der Waals surface area contributed by atoms with Crippen molar-refractivity contribution in [3.05, 3.63) is 73.3 Å². The largest absolute Gasteiger partial charge is 0.493 e. The van der Waals surface area contributed by atoms with Crippen molar-refractivity contribution in [1.29, 1.82) is 0 Å². The Morgan fingerprint density at radius 3 is 2.30 bits per heavy atom. The number of rotatable bonds is 6. The lowest BCUT2D eigenvalue weighted by Gasteiger charge is -2.17. The third-order valence-electron chi connectivity index (χ3n) is 4.80. The smallest absolute Gasteiger partial charge is 0.269 e. The van der Waals surface area contributed by atoms with Gasteiger partial charge in [0.15, 0.2) is 17.3 Å². The first-order chi connectivity index (χ1) is 14.4. The highest BCUT2D eigenvalue weighted by atomic mass is 79.9. The summed E-state index contributed by atoms with van der Waals surface area (Å²) in [5.74, 6) is 1.24. The lowest BCUT2D eigenvalue weighted by atomic mass is 9.87. The Bertz CT molecular complexity index is 1020. The average Bonchev–Trinajstić information content (AvgIpc) is 2.73. The predicted octanol–water partition coefficient (Wildman–Crippen LogP) is 5.98. The van der Waals surface area contributed by atoms with Crippen molar-refractivity contribution >= 4 is 39.6 Å². The van der Waals surface area contributed by atoms with Crippen LogP contribution in [0.5, 0.6) is 11.5 Å². The van der Waals surface area contributed by atoms with Crippen molar-refractivity contribution in [3.63, 3.8) is 0 Å². The molecular weight excluding hydrogens is 450 g/mol. The SMILES string of the molecule is CCOc1c(Br)cc(/C=C2\CCC/C(=C\c3ccc([N+](=O)[O-])cc3)C2=O)cc1OC. The lowest BCUT2D eigenvalue weighted by Crippen LogP contribution is -2.12. The van der Waals surface area contributed by atoms with Gasteiger partial charge >= 0.3 is 0 Å². The van der Waals surface area contributed by atoms with E-state index < -0.39 is 4.92 Å². The van der Waals surface area contributed by atoms with Crippen LogP contribution in [0.3, 0.4) is 0 Å². The number of halogens is 1. The van der Waals surface area contributed by atoms with E-state index in [9.17, 15) is 14.9 Å². The van der Waals surface area contributed by atoms with Gasteiger partial charge in [-0.05, 0) is 89.7 Å². The molecule has 0 aromatic heterocycles. The zero-order chi connectivity index (χ0) is 21.7. The van der Waals surface area contributed by atoms with Crippen molar-refractivity contribution in [3.8, 4) is 11.5 Å². The molecule has 0 unspecified atom stereocenters. The van der Waals surface area contributed by atoms with E-state index in [1.165, 1.54) is 12.1 Å². The van der Waals surface area contributed by atoms with Crippen LogP contribution in [0, 0.1) is 10.1 Å². The van der Waals surface area contributed by atoms with Crippen LogP contribution in [0.4, 0.5) is 5.69 Å². The van der Waals surface area contributed by atoms with E-state index in [1.807, 2.05) is 31.2 Å². The molecule has 1 aliphatic rings. The average molecular weight is 472 g/mol. The first-order valence-electron chi connectivity index (χ1n) is 9.63. The number of non-ortho nitro benzene ring substituents is 1. The Hall–Kier alpha value is -2.93. The zero-order valence-corrected chi connectivity index (χ0v) is 18.4. The van der Waals surface area contributed by atoms with Gasteiger partial charge in [-0.1, -0.05) is 0 Å². The van der Waals surface area contributed by atoms with Crippen LogP contribution in [0.2, 0.25) is 0 Å². The molecule has 0 heterocycles. The first-order valence-corrected chi connectivity index (χ1v) is 10.4. The van der Waals surface area contributed by atoms with Crippen molar-refractivity contribution in [2.24, 2.45) is 0 Å². The number of methoxy groups -OCH3 is 1. The summed E-state index contributed by atoms with van der Waals surface area (Å²) in [7, 11) is 1.58. The summed E-state index contributed by atoms with van der Waals surface area (Å²) >= 11 is 3.51. The third kappa shape index (κ3) is 4.97. The van der Waals surface area contributed by atoms with Crippen LogP contribution in [-0.2, 0) is 4.79 Å². The van der Waals surface area contributed by atoms with E-state index >= 15 is 0 Å². The number of ketones is 1. The Kier molecular flexibility index (Phi) is 7.05. The Morgan fingerprint density at radius 2 is 1.73 bits per heavy atom. The molecule has 7 heteroatoms. The molecule has 1 fully saturated rings. The highest BCUT2D eigenvalue weighted by molar-refractivity contribution is 9.10. The minimum Gasteiger partial charge on any atom is -0.493 e. The topological polar surface area (TPSA) is 78.7 Å². The molecule has 2 aromatic carbocycles. The number of hydrogen-bond donors (Lipinski definition) is 0. The second-order valence-corrected chi connectivity index (χ2v) is 7.69. The number of Topliss-reactive ketones (excluding diaryl/α,β-unsaturated/α-hetero) is 1. The van der Waals surface area contributed by atoms with Crippen molar-refractivity contribution in [1.82, 2.24) is 0 Å². The summed E-state index contributed by atoms with van der Waals surface area (Å²) in [6, 6.07) is 9.96. The van der Waals surface area contributed by atoms with E-state index in [-0.39, 0.29) is 11.5 Å². The molecule has 0 bridgehead atoms. The Labute approximate surface area is 183 Å². The minimum atomic E-state index is -0.438. The molecule has 3 rings (SSSR count). The Balaban J connectivity index is 1.88. The predicted molar refractivity (Wildman–Crippen MR) is 120 cm³/mol. The van der Waals surface area contributed by atoms with Gasteiger partial charge in [0.05, 0.1) is 23.1 Å². The van der Waals surface area contributed by atoms with Gasteiger partial charge < -0.3 is 9.47 Å². The van der Waals surface area contributed by atoms with Crippen molar-refractivity contribution < 1.29 is 19.2 Å². The molecular formula is C23H22BrNO5. The molecule has 0 amide bonds. The van der Waals surface area contributed by atoms with Gasteiger partial charge in [0.2, 0.25) is 0 Å². The number of carbonyl (C=O) groups excluding carboxylic acids is 1. The second kappa shape index (κ2) is 9.71. The normalized spacial score (nSPS) is 16.7. The van der Waals surface area contributed by atoms with Gasteiger partial charge in [0.1, 0.15) is 0 Å². The van der Waals surface area contributed by atoms with E-state index in [0.717, 1.165) is 27.6 Å². The van der Waals surface area contributed by atoms with Gasteiger partial charge in [0.25, 0.3) is 5.69 Å². The molecule has 0 atom stereocenters. The van der Waals surface area contributed by atoms with Gasteiger partial charge in [-0.25, -0.2) is 0 Å². The van der Waals surface area contributed by atoms with Crippen molar-refractivity contribution in [2.45, 2.75) is 26.2 Å². The molecule has 0 aliphatic heterocycles. The summed E-state index contributed by atoms with van der Waals surface area (Å²) in [6.07, 6.45) is 5.95. The number of hydrogen-bond acceptors (Lipinski definition) is 5. The number of nitro groups is 1. The second-order valence-electron chi connectivity index (χ2n) is 6.84. The molecule has 0 spiro atoms. The number of nitro benzene ring substituents is 1. The maximum absolute atomic E-state index is 13.0. The van der Waals surface area contributed by atoms with Crippen LogP contribution in [0.15, 0.2) is 52.0 Å². The van der Waals surface area contributed by atoms with Crippen LogP contribution in [0.25, 0.3) is 12.2 Å². The highest BCUT2D eigenvalue weighted by Gasteiger charge is 2.21. The Morgan fingerprint density at radius 1 is 1.10 bits per heavy atom. The van der Waals surface area contributed by atoms with Gasteiger partial charge in [-0.2, -0.15) is 0 Å². The quantitative estimate of drug-likeness (QED) is 0.293. The standard InChI is InChI=1S/C23H22BrNO5/c1-3-30-23-20(24)13-16(14-21(23)29-2)12-18-6-4-5-17(22(18)26)11-15-7-9-19(10-8-15)25(27)28/h7-14H,3-6H2,1-2H3/b17-11+,18-12+. The summed E-state index contributed by atoms with van der Waals surface area (Å²) in [4.78, 5) is 23.4. The number of allylic oxidation sites excluding steroid dienone is 2. The zero-order valence-electron chi connectivity index (χ0n) is 16.8. The molecule has 2 aromatic rings. The van der Waals surface area contributed by atoms with Gasteiger partial charge in [-0.15, -0.1) is 0 Å². The van der Waals surface area contributed by atoms with Crippen LogP contribution in [0.1, 0.15) is 37.3 Å². The molecule has 6 nitrogen and oxygen atoms in total. The van der Waals surface area contributed by atoms with Crippen LogP contribution in [-0.4, -0.2) is 24.4 Å². The van der Waals surface area contributed by atoms with Crippen LogP contribution >= 0.6 is 15.9 Å². The van der Waals surface area contributed by atoms with E-state index in [0.29, 0.717) is 36.5 Å². The van der Waals surface area contributed by atoms with E-state index in [1.54, 1.807) is 19.2 Å². The third-order valence-corrected chi connectivity index (χ3v) is 5.39. The number of benzene rings is 2. The fourth-order valence-electron chi connectivity index (χ4n) is 3.38. The molecule has 30 heavy (non-hydrogen) atoms.